The van der Waals surface area contributed by atoms with Gasteiger partial charge in [-0.1, -0.05) is 11.6 Å². The van der Waals surface area contributed by atoms with Crippen molar-refractivity contribution in [3.05, 3.63) is 28.8 Å². The number of aliphatic hydroxyl groups excluding tert-OH is 1. The van der Waals surface area contributed by atoms with Crippen LogP contribution in [-0.2, 0) is 6.18 Å². The van der Waals surface area contributed by atoms with Crippen LogP contribution in [0.25, 0.3) is 0 Å². The van der Waals surface area contributed by atoms with Crippen molar-refractivity contribution < 1.29 is 18.3 Å². The number of unbranched alkanes of at least 4 members (excludes halogenated alkanes) is 2. The molecular weight excluding hydrogens is 267 g/mol. The van der Waals surface area contributed by atoms with Gasteiger partial charge in [-0.25, -0.2) is 0 Å². The lowest BCUT2D eigenvalue weighted by atomic mass is 10.1. The molecule has 0 atom stereocenters. The Morgan fingerprint density at radius 3 is 2.50 bits per heavy atom. The number of hydrogen-bond acceptors (Lipinski definition) is 2. The first-order valence-electron chi connectivity index (χ1n) is 5.66. The molecule has 0 fully saturated rings. The molecule has 0 radical (unpaired) electrons. The molecule has 0 heterocycles. The molecule has 0 bridgehead atoms. The lowest BCUT2D eigenvalue weighted by Gasteiger charge is -2.14. The van der Waals surface area contributed by atoms with Crippen molar-refractivity contribution >= 4 is 17.3 Å². The molecular formula is C12H15ClF3NO. The third-order valence-electron chi connectivity index (χ3n) is 2.44. The molecule has 18 heavy (non-hydrogen) atoms. The maximum atomic E-state index is 12.7. The third kappa shape index (κ3) is 4.74. The van der Waals surface area contributed by atoms with Gasteiger partial charge in [-0.2, -0.15) is 13.2 Å². The van der Waals surface area contributed by atoms with Gasteiger partial charge in [0, 0.05) is 23.9 Å². The van der Waals surface area contributed by atoms with Crippen LogP contribution in [0.4, 0.5) is 18.9 Å². The van der Waals surface area contributed by atoms with Gasteiger partial charge in [0.25, 0.3) is 0 Å². The van der Waals surface area contributed by atoms with Gasteiger partial charge in [-0.3, -0.25) is 0 Å². The minimum Gasteiger partial charge on any atom is -0.396 e. The van der Waals surface area contributed by atoms with Crippen LogP contribution in [0.5, 0.6) is 0 Å². The first-order valence-corrected chi connectivity index (χ1v) is 6.04. The molecule has 2 N–H and O–H groups in total. The summed E-state index contributed by atoms with van der Waals surface area (Å²) in [5.74, 6) is 0. The molecule has 1 aromatic carbocycles. The van der Waals surface area contributed by atoms with Gasteiger partial charge >= 0.3 is 6.18 Å². The zero-order chi connectivity index (χ0) is 13.6. The highest BCUT2D eigenvalue weighted by Gasteiger charge is 2.33. The fourth-order valence-electron chi connectivity index (χ4n) is 1.54. The summed E-state index contributed by atoms with van der Waals surface area (Å²) in [4.78, 5) is 0. The summed E-state index contributed by atoms with van der Waals surface area (Å²) in [6, 6.07) is 3.67. The van der Waals surface area contributed by atoms with Crippen molar-refractivity contribution in [1.82, 2.24) is 0 Å². The second-order valence-corrected chi connectivity index (χ2v) is 4.34. The number of halogens is 4. The molecule has 0 spiro atoms. The lowest BCUT2D eigenvalue weighted by molar-refractivity contribution is -0.136. The van der Waals surface area contributed by atoms with Crippen LogP contribution in [0.2, 0.25) is 5.02 Å². The standard InChI is InChI=1S/C12H15ClF3NO/c13-9-4-5-11(10(8-9)12(14,15)16)17-6-2-1-3-7-18/h4-5,8,17-18H,1-3,6-7H2. The van der Waals surface area contributed by atoms with Gasteiger partial charge in [0.2, 0.25) is 0 Å². The molecule has 0 unspecified atom stereocenters. The molecule has 6 heteroatoms. The average Bonchev–Trinajstić information content (AvgIpc) is 2.29. The molecule has 0 saturated heterocycles. The molecule has 2 nitrogen and oxygen atoms in total. The highest BCUT2D eigenvalue weighted by Crippen LogP contribution is 2.36. The first kappa shape index (κ1) is 15.1. The number of anilines is 1. The number of aliphatic hydroxyl groups is 1. The summed E-state index contributed by atoms with van der Waals surface area (Å²) in [5, 5.41) is 11.4. The fraction of sp³-hybridized carbons (Fsp3) is 0.500. The van der Waals surface area contributed by atoms with E-state index in [-0.39, 0.29) is 17.3 Å². The van der Waals surface area contributed by atoms with Gasteiger partial charge in [0.15, 0.2) is 0 Å². The fourth-order valence-corrected chi connectivity index (χ4v) is 1.71. The Balaban J connectivity index is 2.65. The molecule has 0 amide bonds. The quantitative estimate of drug-likeness (QED) is 0.774. The van der Waals surface area contributed by atoms with E-state index in [4.69, 9.17) is 16.7 Å². The van der Waals surface area contributed by atoms with Crippen molar-refractivity contribution in [3.63, 3.8) is 0 Å². The molecule has 102 valence electrons. The maximum absolute atomic E-state index is 12.7. The zero-order valence-corrected chi connectivity index (χ0v) is 10.5. The number of hydrogen-bond donors (Lipinski definition) is 2. The van der Waals surface area contributed by atoms with E-state index < -0.39 is 11.7 Å². The van der Waals surface area contributed by atoms with Crippen molar-refractivity contribution in [2.45, 2.75) is 25.4 Å². The van der Waals surface area contributed by atoms with Crippen molar-refractivity contribution in [2.24, 2.45) is 0 Å². The Labute approximate surface area is 109 Å². The van der Waals surface area contributed by atoms with Crippen LogP contribution < -0.4 is 5.32 Å². The predicted octanol–water partition coefficient (Wildman–Crippen LogP) is 3.93. The molecule has 1 rings (SSSR count). The Hall–Kier alpha value is -0.940. The van der Waals surface area contributed by atoms with Crippen LogP contribution in [-0.4, -0.2) is 18.3 Å². The van der Waals surface area contributed by atoms with E-state index >= 15 is 0 Å². The normalized spacial score (nSPS) is 11.6. The Morgan fingerprint density at radius 1 is 1.17 bits per heavy atom. The summed E-state index contributed by atoms with van der Waals surface area (Å²) in [6.07, 6.45) is -2.27. The van der Waals surface area contributed by atoms with E-state index in [2.05, 4.69) is 5.32 Å². The van der Waals surface area contributed by atoms with Gasteiger partial charge in [-0.05, 0) is 37.5 Å². The summed E-state index contributed by atoms with van der Waals surface area (Å²) in [6.45, 7) is 0.541. The molecule has 1 aromatic rings. The number of rotatable bonds is 6. The minimum atomic E-state index is -4.42. The summed E-state index contributed by atoms with van der Waals surface area (Å²) in [7, 11) is 0. The molecule has 0 aliphatic heterocycles. The Bertz CT molecular complexity index is 382. The average molecular weight is 282 g/mol. The van der Waals surface area contributed by atoms with Crippen LogP contribution in [0.3, 0.4) is 0 Å². The van der Waals surface area contributed by atoms with Crippen molar-refractivity contribution in [2.75, 3.05) is 18.5 Å². The zero-order valence-electron chi connectivity index (χ0n) is 9.73. The summed E-state index contributed by atoms with van der Waals surface area (Å²) in [5.41, 5.74) is -0.715. The minimum absolute atomic E-state index is 0.0379. The molecule has 0 saturated carbocycles. The van der Waals surface area contributed by atoms with Crippen molar-refractivity contribution in [3.8, 4) is 0 Å². The molecule has 0 aromatic heterocycles. The predicted molar refractivity (Wildman–Crippen MR) is 65.9 cm³/mol. The van der Waals surface area contributed by atoms with Gasteiger partial charge < -0.3 is 10.4 Å². The van der Waals surface area contributed by atoms with Gasteiger partial charge in [0.05, 0.1) is 5.56 Å². The van der Waals surface area contributed by atoms with E-state index in [9.17, 15) is 13.2 Å². The van der Waals surface area contributed by atoms with Crippen LogP contribution >= 0.6 is 11.6 Å². The summed E-state index contributed by atoms with van der Waals surface area (Å²) < 4.78 is 38.2. The van der Waals surface area contributed by atoms with E-state index in [0.717, 1.165) is 12.5 Å². The highest BCUT2D eigenvalue weighted by molar-refractivity contribution is 6.30. The number of alkyl halides is 3. The highest BCUT2D eigenvalue weighted by atomic mass is 35.5. The van der Waals surface area contributed by atoms with Gasteiger partial charge in [0.1, 0.15) is 0 Å². The van der Waals surface area contributed by atoms with E-state index in [1.165, 1.54) is 12.1 Å². The second kappa shape index (κ2) is 6.85. The van der Waals surface area contributed by atoms with E-state index in [0.29, 0.717) is 19.4 Å². The number of nitrogens with one attached hydrogen (secondary N) is 1. The van der Waals surface area contributed by atoms with E-state index in [1.54, 1.807) is 0 Å². The smallest absolute Gasteiger partial charge is 0.396 e. The van der Waals surface area contributed by atoms with Crippen LogP contribution in [0.15, 0.2) is 18.2 Å². The number of benzene rings is 1. The van der Waals surface area contributed by atoms with Crippen molar-refractivity contribution in [1.29, 1.82) is 0 Å². The molecule has 0 aliphatic carbocycles. The lowest BCUT2D eigenvalue weighted by Crippen LogP contribution is -2.11. The van der Waals surface area contributed by atoms with Gasteiger partial charge in [-0.15, -0.1) is 0 Å². The Kier molecular flexibility index (Phi) is 5.75. The SMILES string of the molecule is OCCCCCNc1ccc(Cl)cc1C(F)(F)F. The third-order valence-corrected chi connectivity index (χ3v) is 2.67. The van der Waals surface area contributed by atoms with Crippen LogP contribution in [0, 0.1) is 0 Å². The van der Waals surface area contributed by atoms with Crippen LogP contribution in [0.1, 0.15) is 24.8 Å². The monoisotopic (exact) mass is 281 g/mol. The first-order chi connectivity index (χ1) is 8.45. The summed E-state index contributed by atoms with van der Waals surface area (Å²) >= 11 is 5.57. The molecule has 0 aliphatic rings. The maximum Gasteiger partial charge on any atom is 0.418 e. The largest absolute Gasteiger partial charge is 0.418 e. The topological polar surface area (TPSA) is 32.3 Å². The van der Waals surface area contributed by atoms with E-state index in [1.807, 2.05) is 0 Å². The second-order valence-electron chi connectivity index (χ2n) is 3.90. The Morgan fingerprint density at radius 2 is 1.89 bits per heavy atom.